The molecular weight excluding hydrogens is 531 g/mol. The molecule has 208 valence electrons. The van der Waals surface area contributed by atoms with Gasteiger partial charge in [0.05, 0.1) is 0 Å². The van der Waals surface area contributed by atoms with Crippen LogP contribution in [-0.4, -0.2) is 25.5 Å². The number of sulfonamides is 1. The Kier molecular flexibility index (Phi) is 8.86. The smallest absolute Gasteiger partial charge is 0.322 e. The lowest BCUT2D eigenvalue weighted by atomic mass is 10.0. The van der Waals surface area contributed by atoms with Crippen LogP contribution in [0.5, 0.6) is 5.75 Å². The molecule has 4 aromatic carbocycles. The van der Waals surface area contributed by atoms with Gasteiger partial charge in [-0.1, -0.05) is 56.3 Å². The number of anilines is 2. The topological polar surface area (TPSA) is 105 Å². The van der Waals surface area contributed by atoms with Crippen molar-refractivity contribution in [2.24, 2.45) is 5.92 Å². The molecule has 0 aromatic heterocycles. The number of aryl methyl sites for hydroxylation is 1. The third-order valence-corrected chi connectivity index (χ3v) is 7.76. The minimum absolute atomic E-state index is 0.336. The van der Waals surface area contributed by atoms with Gasteiger partial charge in [0.2, 0.25) is 10.0 Å². The first-order valence-corrected chi connectivity index (χ1v) is 14.2. The summed E-state index contributed by atoms with van der Waals surface area (Å²) in [5.74, 6) is -2.09. The van der Waals surface area contributed by atoms with Crippen LogP contribution in [0.3, 0.4) is 0 Å². The lowest BCUT2D eigenvalue weighted by Crippen LogP contribution is -2.44. The minimum atomic E-state index is -4.37. The van der Waals surface area contributed by atoms with E-state index >= 15 is 0 Å². The summed E-state index contributed by atoms with van der Waals surface area (Å²) in [7, 11) is -4.37. The summed E-state index contributed by atoms with van der Waals surface area (Å²) in [5, 5.41) is 12.6. The summed E-state index contributed by atoms with van der Waals surface area (Å²) < 4.78 is 48.1. The van der Waals surface area contributed by atoms with E-state index in [9.17, 15) is 22.7 Å². The molecule has 9 heteroatoms. The summed E-state index contributed by atoms with van der Waals surface area (Å²) in [6.07, 6.45) is 0. The van der Waals surface area contributed by atoms with Crippen LogP contribution in [0.2, 0.25) is 0 Å². The first kappa shape index (κ1) is 28.8. The molecule has 1 atom stereocenters. The van der Waals surface area contributed by atoms with Crippen LogP contribution in [0.25, 0.3) is 11.1 Å². The van der Waals surface area contributed by atoms with Gasteiger partial charge in [-0.05, 0) is 83.6 Å². The zero-order chi connectivity index (χ0) is 28.9. The van der Waals surface area contributed by atoms with Crippen LogP contribution >= 0.6 is 0 Å². The van der Waals surface area contributed by atoms with Crippen LogP contribution < -0.4 is 14.8 Å². The molecule has 0 saturated carbocycles. The Balaban J connectivity index is 1.38. The van der Waals surface area contributed by atoms with E-state index < -0.39 is 38.7 Å². The fraction of sp³-hybridized carbons (Fsp3) is 0.194. The van der Waals surface area contributed by atoms with E-state index in [0.717, 1.165) is 29.1 Å². The number of carboxylic acids is 1. The predicted molar refractivity (Wildman–Crippen MR) is 154 cm³/mol. The summed E-state index contributed by atoms with van der Waals surface area (Å²) in [4.78, 5) is 10.8. The van der Waals surface area contributed by atoms with Gasteiger partial charge in [-0.2, -0.15) is 4.72 Å². The van der Waals surface area contributed by atoms with Gasteiger partial charge in [-0.15, -0.1) is 0 Å². The second kappa shape index (κ2) is 12.3. The predicted octanol–water partition coefficient (Wildman–Crippen LogP) is 6.51. The lowest BCUT2D eigenvalue weighted by molar-refractivity contribution is -0.140. The van der Waals surface area contributed by atoms with Crippen molar-refractivity contribution in [1.82, 2.24) is 4.72 Å². The Morgan fingerprint density at radius 2 is 1.57 bits per heavy atom. The Morgan fingerprint density at radius 1 is 0.900 bits per heavy atom. The first-order chi connectivity index (χ1) is 19.0. The molecule has 0 aliphatic rings. The number of carboxylic acid groups (broad SMARTS) is 1. The quantitative estimate of drug-likeness (QED) is 0.192. The van der Waals surface area contributed by atoms with Crippen molar-refractivity contribution in [3.63, 3.8) is 0 Å². The third kappa shape index (κ3) is 7.25. The van der Waals surface area contributed by atoms with Crippen molar-refractivity contribution in [2.75, 3.05) is 5.32 Å². The fourth-order valence-corrected chi connectivity index (χ4v) is 5.48. The second-order valence-corrected chi connectivity index (χ2v) is 11.5. The number of carbonyl (C=O) groups is 1. The molecule has 0 bridgehead atoms. The highest BCUT2D eigenvalue weighted by atomic mass is 32.2. The van der Waals surface area contributed by atoms with E-state index in [1.165, 1.54) is 11.6 Å². The average molecular weight is 563 g/mol. The molecule has 0 unspecified atom stereocenters. The maximum Gasteiger partial charge on any atom is 0.322 e. The zero-order valence-corrected chi connectivity index (χ0v) is 23.2. The van der Waals surface area contributed by atoms with Crippen molar-refractivity contribution >= 4 is 27.4 Å². The number of halogens is 1. The van der Waals surface area contributed by atoms with Gasteiger partial charge in [0.25, 0.3) is 0 Å². The molecule has 0 spiro atoms. The average Bonchev–Trinajstić information content (AvgIpc) is 2.91. The summed E-state index contributed by atoms with van der Waals surface area (Å²) >= 11 is 0. The highest BCUT2D eigenvalue weighted by Crippen LogP contribution is 2.26. The van der Waals surface area contributed by atoms with E-state index in [-0.39, 0.29) is 0 Å². The van der Waals surface area contributed by atoms with Crippen LogP contribution in [0.15, 0.2) is 95.9 Å². The second-order valence-electron chi connectivity index (χ2n) is 9.83. The first-order valence-electron chi connectivity index (χ1n) is 12.7. The van der Waals surface area contributed by atoms with Gasteiger partial charge in [-0.25, -0.2) is 12.8 Å². The third-order valence-electron chi connectivity index (χ3n) is 6.29. The van der Waals surface area contributed by atoms with E-state index in [4.69, 9.17) is 4.74 Å². The number of aliphatic carboxylic acids is 1. The molecule has 40 heavy (non-hydrogen) atoms. The van der Waals surface area contributed by atoms with E-state index in [1.807, 2.05) is 61.5 Å². The Hall–Kier alpha value is -4.21. The molecule has 4 rings (SSSR count). The number of hydrogen-bond donors (Lipinski definition) is 3. The maximum absolute atomic E-state index is 14.8. The monoisotopic (exact) mass is 562 g/mol. The number of hydrogen-bond acceptors (Lipinski definition) is 5. The van der Waals surface area contributed by atoms with Crippen LogP contribution in [-0.2, 0) is 21.4 Å². The summed E-state index contributed by atoms with van der Waals surface area (Å²) in [5.41, 5.74) is 5.22. The van der Waals surface area contributed by atoms with Gasteiger partial charge >= 0.3 is 5.97 Å². The Labute approximate surface area is 233 Å². The Morgan fingerprint density at radius 3 is 2.17 bits per heavy atom. The molecule has 3 N–H and O–H groups in total. The molecule has 0 heterocycles. The number of ether oxygens (including phenoxy) is 1. The molecule has 0 fully saturated rings. The van der Waals surface area contributed by atoms with Gasteiger partial charge < -0.3 is 15.2 Å². The number of rotatable bonds is 11. The van der Waals surface area contributed by atoms with E-state index in [0.29, 0.717) is 23.5 Å². The molecular formula is C31H31FN2O5S. The Bertz CT molecular complexity index is 1590. The normalized spacial score (nSPS) is 12.2. The van der Waals surface area contributed by atoms with Crippen LogP contribution in [0.4, 0.5) is 15.8 Å². The standard InChI is InChI=1S/C31H31FN2O5S/c1-20(2)30(31(35)36)34-40(37,38)29-16-11-24(18-28(29)32)23-9-7-22(8-10-23)19-39-27-14-12-25(13-15-27)33-26-6-4-5-21(3)17-26/h4-18,20,30,33-34H,19H2,1-3H3,(H,35,36)/t30-/m1/s1. The SMILES string of the molecule is Cc1cccc(Nc2ccc(OCc3ccc(-c4ccc(S(=O)(=O)N[C@@H](C(=O)O)C(C)C)c(F)c4)cc3)cc2)c1. The van der Waals surface area contributed by atoms with Crippen molar-refractivity contribution in [3.8, 4) is 16.9 Å². The van der Waals surface area contributed by atoms with Gasteiger partial charge in [0, 0.05) is 11.4 Å². The summed E-state index contributed by atoms with van der Waals surface area (Å²) in [6.45, 7) is 5.51. The lowest BCUT2D eigenvalue weighted by Gasteiger charge is -2.18. The number of benzene rings is 4. The zero-order valence-electron chi connectivity index (χ0n) is 22.4. The largest absolute Gasteiger partial charge is 0.489 e. The molecule has 4 aromatic rings. The van der Waals surface area contributed by atoms with Gasteiger partial charge in [-0.3, -0.25) is 4.79 Å². The van der Waals surface area contributed by atoms with Gasteiger partial charge in [0.1, 0.15) is 29.1 Å². The van der Waals surface area contributed by atoms with Crippen molar-refractivity contribution in [3.05, 3.63) is 108 Å². The fourth-order valence-electron chi connectivity index (χ4n) is 4.08. The minimum Gasteiger partial charge on any atom is -0.489 e. The molecule has 0 aliphatic carbocycles. The van der Waals surface area contributed by atoms with Gasteiger partial charge in [0.15, 0.2) is 0 Å². The van der Waals surface area contributed by atoms with E-state index in [2.05, 4.69) is 16.1 Å². The molecule has 0 saturated heterocycles. The van der Waals surface area contributed by atoms with Crippen LogP contribution in [0, 0.1) is 18.7 Å². The van der Waals surface area contributed by atoms with E-state index in [1.54, 1.807) is 26.0 Å². The molecule has 7 nitrogen and oxygen atoms in total. The summed E-state index contributed by atoms with van der Waals surface area (Å²) in [6, 6.07) is 25.5. The van der Waals surface area contributed by atoms with Crippen molar-refractivity contribution in [1.29, 1.82) is 0 Å². The van der Waals surface area contributed by atoms with Crippen LogP contribution in [0.1, 0.15) is 25.0 Å². The highest BCUT2D eigenvalue weighted by Gasteiger charge is 2.29. The number of nitrogens with one attached hydrogen (secondary N) is 2. The molecule has 0 amide bonds. The molecule has 0 aliphatic heterocycles. The molecule has 0 radical (unpaired) electrons. The van der Waals surface area contributed by atoms with Crippen molar-refractivity contribution in [2.45, 2.75) is 38.3 Å². The maximum atomic E-state index is 14.8. The van der Waals surface area contributed by atoms with Crippen molar-refractivity contribution < 1.29 is 27.4 Å². The highest BCUT2D eigenvalue weighted by molar-refractivity contribution is 7.89.